The molecular formula is C33H33F3O7. The number of rotatable bonds is 15. The highest BCUT2D eigenvalue weighted by Gasteiger charge is 2.36. The third kappa shape index (κ3) is 10.6. The van der Waals surface area contributed by atoms with Gasteiger partial charge in [0, 0.05) is 6.08 Å². The van der Waals surface area contributed by atoms with Crippen LogP contribution in [-0.4, -0.2) is 31.1 Å². The Morgan fingerprint density at radius 1 is 0.767 bits per heavy atom. The lowest BCUT2D eigenvalue weighted by Gasteiger charge is -2.14. The molecule has 0 amide bonds. The van der Waals surface area contributed by atoms with Crippen LogP contribution in [0.5, 0.6) is 17.2 Å². The second-order valence-corrected chi connectivity index (χ2v) is 9.54. The van der Waals surface area contributed by atoms with Gasteiger partial charge in [0.2, 0.25) is 0 Å². The number of hydrogen-bond donors (Lipinski definition) is 0. The van der Waals surface area contributed by atoms with Crippen molar-refractivity contribution < 1.29 is 46.5 Å². The molecule has 0 unspecified atom stereocenters. The molecule has 0 aliphatic heterocycles. The number of carbonyl (C=O) groups excluding carboxylic acids is 3. The number of aryl methyl sites for hydroxylation is 1. The van der Waals surface area contributed by atoms with Gasteiger partial charge in [0.05, 0.1) is 29.9 Å². The van der Waals surface area contributed by atoms with Crippen molar-refractivity contribution in [2.75, 3.05) is 13.2 Å². The maximum absolute atomic E-state index is 13.9. The van der Waals surface area contributed by atoms with Gasteiger partial charge in [-0.3, -0.25) is 0 Å². The Bertz CT molecular complexity index is 1380. The van der Waals surface area contributed by atoms with Crippen molar-refractivity contribution in [2.24, 2.45) is 0 Å². The molecule has 0 aliphatic rings. The Morgan fingerprint density at radius 3 is 2.05 bits per heavy atom. The van der Waals surface area contributed by atoms with Crippen LogP contribution in [0, 0.1) is 0 Å². The first kappa shape index (κ1) is 32.9. The summed E-state index contributed by atoms with van der Waals surface area (Å²) in [5.41, 5.74) is -0.570. The molecule has 0 aliphatic carbocycles. The second-order valence-electron chi connectivity index (χ2n) is 9.54. The molecule has 0 bridgehead atoms. The Labute approximate surface area is 248 Å². The third-order valence-electron chi connectivity index (χ3n) is 6.23. The minimum absolute atomic E-state index is 0.00145. The second kappa shape index (κ2) is 16.1. The maximum Gasteiger partial charge on any atom is 0.420 e. The quantitative estimate of drug-likeness (QED) is 0.0765. The minimum Gasteiger partial charge on any atom is -0.494 e. The van der Waals surface area contributed by atoms with E-state index < -0.39 is 35.4 Å². The first-order valence-corrected chi connectivity index (χ1v) is 13.9. The van der Waals surface area contributed by atoms with E-state index in [1.54, 1.807) is 12.1 Å². The van der Waals surface area contributed by atoms with Gasteiger partial charge >= 0.3 is 24.1 Å². The van der Waals surface area contributed by atoms with E-state index in [1.165, 1.54) is 24.3 Å². The summed E-state index contributed by atoms with van der Waals surface area (Å²) in [6.45, 7) is 5.97. The molecular weight excluding hydrogens is 565 g/mol. The van der Waals surface area contributed by atoms with Crippen LogP contribution in [0.15, 0.2) is 79.4 Å². The van der Waals surface area contributed by atoms with Crippen molar-refractivity contribution in [1.82, 2.24) is 0 Å². The minimum atomic E-state index is -4.91. The average molecular weight is 599 g/mol. The molecule has 3 rings (SSSR count). The molecule has 3 aromatic rings. The summed E-state index contributed by atoms with van der Waals surface area (Å²) in [6.07, 6.45) is 1.46. The normalized spacial score (nSPS) is 11.0. The molecule has 0 spiro atoms. The highest BCUT2D eigenvalue weighted by atomic mass is 19.4. The van der Waals surface area contributed by atoms with E-state index in [-0.39, 0.29) is 23.5 Å². The van der Waals surface area contributed by atoms with Gasteiger partial charge in [-0.1, -0.05) is 38.5 Å². The first-order valence-electron chi connectivity index (χ1n) is 13.9. The van der Waals surface area contributed by atoms with Crippen LogP contribution in [0.2, 0.25) is 0 Å². The lowest BCUT2D eigenvalue weighted by atomic mass is 10.1. The summed E-state index contributed by atoms with van der Waals surface area (Å²) in [4.78, 5) is 36.2. The fraction of sp³-hybridized carbons (Fsp3) is 0.303. The largest absolute Gasteiger partial charge is 0.494 e. The summed E-state index contributed by atoms with van der Waals surface area (Å²) < 4.78 is 62.3. The fourth-order valence-electron chi connectivity index (χ4n) is 3.91. The number of benzene rings is 3. The van der Waals surface area contributed by atoms with Crippen molar-refractivity contribution >= 4 is 17.9 Å². The Balaban J connectivity index is 1.59. The summed E-state index contributed by atoms with van der Waals surface area (Å²) in [7, 11) is 0. The number of alkyl halides is 3. The van der Waals surface area contributed by atoms with Gasteiger partial charge in [0.1, 0.15) is 17.2 Å². The van der Waals surface area contributed by atoms with Crippen LogP contribution in [0.3, 0.4) is 0 Å². The van der Waals surface area contributed by atoms with E-state index in [1.807, 2.05) is 12.1 Å². The van der Waals surface area contributed by atoms with Crippen molar-refractivity contribution in [1.29, 1.82) is 0 Å². The van der Waals surface area contributed by atoms with Gasteiger partial charge in [-0.2, -0.15) is 13.2 Å². The lowest BCUT2D eigenvalue weighted by molar-refractivity contribution is -0.139. The zero-order chi connectivity index (χ0) is 31.2. The molecule has 3 aromatic carbocycles. The summed E-state index contributed by atoms with van der Waals surface area (Å²) >= 11 is 0. The molecule has 7 nitrogen and oxygen atoms in total. The van der Waals surface area contributed by atoms with Crippen molar-refractivity contribution in [2.45, 2.75) is 51.6 Å². The number of hydrogen-bond acceptors (Lipinski definition) is 7. The van der Waals surface area contributed by atoms with Gasteiger partial charge in [-0.25, -0.2) is 14.4 Å². The van der Waals surface area contributed by atoms with E-state index in [4.69, 9.17) is 18.9 Å². The topological polar surface area (TPSA) is 88.1 Å². The number of halogens is 3. The van der Waals surface area contributed by atoms with E-state index >= 15 is 0 Å². The summed E-state index contributed by atoms with van der Waals surface area (Å²) in [5.74, 6) is -2.60. The maximum atomic E-state index is 13.9. The molecule has 43 heavy (non-hydrogen) atoms. The SMILES string of the molecule is C=CC(=O)OCCCCOc1ccc(C(=O)Oc2ccc(C(=O)Oc3ccc(CCCCC)cc3)cc2C(F)(F)F)cc1. The van der Waals surface area contributed by atoms with Gasteiger partial charge in [-0.15, -0.1) is 0 Å². The molecule has 0 radical (unpaired) electrons. The summed E-state index contributed by atoms with van der Waals surface area (Å²) in [6, 6.07) is 15.1. The predicted molar refractivity (Wildman–Crippen MR) is 153 cm³/mol. The standard InChI is InChI=1S/C33H33F3O7/c1-3-5-6-9-23-10-15-27(16-11-23)42-32(39)25-14-19-29(28(22-25)33(34,35)36)43-31(38)24-12-17-26(18-13-24)40-20-7-8-21-41-30(37)4-2/h4,10-19,22H,2-3,5-9,20-21H2,1H3. The molecule has 228 valence electrons. The monoisotopic (exact) mass is 598 g/mol. The van der Waals surface area contributed by atoms with Crippen molar-refractivity contribution in [3.8, 4) is 17.2 Å². The average Bonchev–Trinajstić information content (AvgIpc) is 2.99. The van der Waals surface area contributed by atoms with E-state index in [0.717, 1.165) is 49.5 Å². The molecule has 0 fully saturated rings. The fourth-order valence-corrected chi connectivity index (χ4v) is 3.91. The van der Waals surface area contributed by atoms with Crippen LogP contribution < -0.4 is 14.2 Å². The van der Waals surface area contributed by atoms with E-state index in [9.17, 15) is 27.6 Å². The van der Waals surface area contributed by atoms with E-state index in [2.05, 4.69) is 13.5 Å². The van der Waals surface area contributed by atoms with Crippen LogP contribution in [0.1, 0.15) is 70.9 Å². The van der Waals surface area contributed by atoms with Crippen LogP contribution >= 0.6 is 0 Å². The van der Waals surface area contributed by atoms with Crippen LogP contribution in [0.4, 0.5) is 13.2 Å². The zero-order valence-electron chi connectivity index (χ0n) is 23.8. The summed E-state index contributed by atoms with van der Waals surface area (Å²) in [5, 5.41) is 0. The number of esters is 3. The molecule has 0 atom stereocenters. The molecule has 0 heterocycles. The van der Waals surface area contributed by atoms with Gasteiger partial charge < -0.3 is 18.9 Å². The Morgan fingerprint density at radius 2 is 1.40 bits per heavy atom. The lowest BCUT2D eigenvalue weighted by Crippen LogP contribution is -2.16. The van der Waals surface area contributed by atoms with Crippen molar-refractivity contribution in [3.05, 3.63) is 102 Å². The third-order valence-corrected chi connectivity index (χ3v) is 6.23. The molecule has 0 saturated carbocycles. The smallest absolute Gasteiger partial charge is 0.420 e. The Hall–Kier alpha value is -4.60. The van der Waals surface area contributed by atoms with Crippen LogP contribution in [-0.2, 0) is 22.1 Å². The Kier molecular flexibility index (Phi) is 12.4. The number of unbranched alkanes of at least 4 members (excludes halogenated alkanes) is 3. The highest BCUT2D eigenvalue weighted by Crippen LogP contribution is 2.37. The van der Waals surface area contributed by atoms with Crippen molar-refractivity contribution in [3.63, 3.8) is 0 Å². The van der Waals surface area contributed by atoms with Gasteiger partial charge in [0.15, 0.2) is 0 Å². The van der Waals surface area contributed by atoms with E-state index in [0.29, 0.717) is 31.3 Å². The predicted octanol–water partition coefficient (Wildman–Crippen LogP) is 7.76. The number of carbonyl (C=O) groups is 3. The molecule has 0 N–H and O–H groups in total. The number of ether oxygens (including phenoxy) is 4. The van der Waals surface area contributed by atoms with Gasteiger partial charge in [-0.05, 0) is 85.8 Å². The molecule has 10 heteroatoms. The highest BCUT2D eigenvalue weighted by molar-refractivity contribution is 5.93. The van der Waals surface area contributed by atoms with Crippen LogP contribution in [0.25, 0.3) is 0 Å². The molecule has 0 saturated heterocycles. The zero-order valence-corrected chi connectivity index (χ0v) is 23.8. The first-order chi connectivity index (χ1) is 20.6. The molecule has 0 aromatic heterocycles. The van der Waals surface area contributed by atoms with Gasteiger partial charge in [0.25, 0.3) is 0 Å².